The van der Waals surface area contributed by atoms with Gasteiger partial charge in [0.15, 0.2) is 5.13 Å². The summed E-state index contributed by atoms with van der Waals surface area (Å²) in [5.41, 5.74) is 8.51. The molecular formula is C13H11BrN4OS. The highest BCUT2D eigenvalue weighted by Gasteiger charge is 2.13. The average Bonchev–Trinajstić information content (AvgIpc) is 2.99. The van der Waals surface area contributed by atoms with Crippen LogP contribution in [0, 0.1) is 6.92 Å². The molecule has 3 rings (SSSR count). The van der Waals surface area contributed by atoms with Gasteiger partial charge in [-0.1, -0.05) is 27.2 Å². The maximum Gasteiger partial charge on any atom is 0.233 e. The minimum Gasteiger partial charge on any atom is -0.375 e. The highest BCUT2D eigenvalue weighted by molar-refractivity contribution is 9.10. The van der Waals surface area contributed by atoms with E-state index >= 15 is 0 Å². The van der Waals surface area contributed by atoms with E-state index in [-0.39, 0.29) is 0 Å². The van der Waals surface area contributed by atoms with Crippen molar-refractivity contribution in [3.63, 3.8) is 0 Å². The Morgan fingerprint density at radius 2 is 2.20 bits per heavy atom. The topological polar surface area (TPSA) is 77.8 Å². The van der Waals surface area contributed by atoms with Crippen LogP contribution in [0.4, 0.5) is 5.13 Å². The van der Waals surface area contributed by atoms with Crippen LogP contribution < -0.4 is 5.73 Å². The zero-order chi connectivity index (χ0) is 14.1. The summed E-state index contributed by atoms with van der Waals surface area (Å²) in [4.78, 5) is 8.57. The molecule has 2 heterocycles. The molecule has 2 aromatic heterocycles. The lowest BCUT2D eigenvalue weighted by Gasteiger charge is -1.99. The van der Waals surface area contributed by atoms with E-state index in [1.165, 1.54) is 16.9 Å². The second-order valence-electron chi connectivity index (χ2n) is 4.35. The normalized spacial score (nSPS) is 10.9. The number of hydrogen-bond acceptors (Lipinski definition) is 6. The van der Waals surface area contributed by atoms with E-state index in [1.807, 2.05) is 30.5 Å². The number of thiazole rings is 1. The van der Waals surface area contributed by atoms with E-state index in [4.69, 9.17) is 10.3 Å². The number of anilines is 1. The SMILES string of the molecule is Cc1ccc(-c2noc(Cc3csc(N)n3)n2)c(Br)c1. The Balaban J connectivity index is 1.86. The van der Waals surface area contributed by atoms with Gasteiger partial charge in [-0.25, -0.2) is 4.98 Å². The van der Waals surface area contributed by atoms with Crippen molar-refractivity contribution in [1.29, 1.82) is 0 Å². The fraction of sp³-hybridized carbons (Fsp3) is 0.154. The lowest BCUT2D eigenvalue weighted by atomic mass is 10.1. The maximum absolute atomic E-state index is 5.60. The van der Waals surface area contributed by atoms with Gasteiger partial charge in [0, 0.05) is 15.4 Å². The Labute approximate surface area is 128 Å². The van der Waals surface area contributed by atoms with Crippen LogP contribution in [0.3, 0.4) is 0 Å². The summed E-state index contributed by atoms with van der Waals surface area (Å²) in [6, 6.07) is 6.00. The van der Waals surface area contributed by atoms with Gasteiger partial charge in [-0.3, -0.25) is 0 Å². The standard InChI is InChI=1S/C13H11BrN4OS/c1-7-2-3-9(10(14)4-7)12-17-11(19-18-12)5-8-6-20-13(15)16-8/h2-4,6H,5H2,1H3,(H2,15,16). The Kier molecular flexibility index (Phi) is 3.54. The van der Waals surface area contributed by atoms with Crippen molar-refractivity contribution < 1.29 is 4.52 Å². The third-order valence-electron chi connectivity index (χ3n) is 2.74. The van der Waals surface area contributed by atoms with Crippen LogP contribution in [0.15, 0.2) is 32.6 Å². The summed E-state index contributed by atoms with van der Waals surface area (Å²) < 4.78 is 6.21. The van der Waals surface area contributed by atoms with Crippen LogP contribution >= 0.6 is 27.3 Å². The highest BCUT2D eigenvalue weighted by atomic mass is 79.9. The predicted octanol–water partition coefficient (Wildman–Crippen LogP) is 3.44. The zero-order valence-electron chi connectivity index (χ0n) is 10.6. The fourth-order valence-corrected chi connectivity index (χ4v) is 3.03. The van der Waals surface area contributed by atoms with Gasteiger partial charge in [0.25, 0.3) is 0 Å². The summed E-state index contributed by atoms with van der Waals surface area (Å²) in [5, 5.41) is 6.44. The van der Waals surface area contributed by atoms with Crippen LogP contribution in [-0.4, -0.2) is 15.1 Å². The summed E-state index contributed by atoms with van der Waals surface area (Å²) in [7, 11) is 0. The summed E-state index contributed by atoms with van der Waals surface area (Å²) in [6.07, 6.45) is 0.490. The number of rotatable bonds is 3. The maximum atomic E-state index is 5.60. The van der Waals surface area contributed by atoms with E-state index in [1.54, 1.807) is 0 Å². The molecule has 0 saturated carbocycles. The third kappa shape index (κ3) is 2.73. The Morgan fingerprint density at radius 1 is 1.35 bits per heavy atom. The van der Waals surface area contributed by atoms with Gasteiger partial charge < -0.3 is 10.3 Å². The fourth-order valence-electron chi connectivity index (χ4n) is 1.80. The first-order valence-electron chi connectivity index (χ1n) is 5.91. The molecule has 3 aromatic rings. The van der Waals surface area contributed by atoms with Crippen LogP contribution in [-0.2, 0) is 6.42 Å². The first kappa shape index (κ1) is 13.3. The van der Waals surface area contributed by atoms with Gasteiger partial charge in [0.1, 0.15) is 0 Å². The predicted molar refractivity (Wildman–Crippen MR) is 81.5 cm³/mol. The van der Waals surface area contributed by atoms with Gasteiger partial charge in [-0.2, -0.15) is 4.98 Å². The number of hydrogen-bond donors (Lipinski definition) is 1. The molecule has 0 bridgehead atoms. The molecule has 1 aromatic carbocycles. The van der Waals surface area contributed by atoms with Crippen molar-refractivity contribution in [1.82, 2.24) is 15.1 Å². The largest absolute Gasteiger partial charge is 0.375 e. The molecule has 0 aliphatic carbocycles. The third-order valence-corrected chi connectivity index (χ3v) is 4.11. The molecule has 0 fully saturated rings. The Hall–Kier alpha value is -1.73. The molecule has 0 amide bonds. The molecule has 7 heteroatoms. The van der Waals surface area contributed by atoms with Gasteiger partial charge in [-0.05, 0) is 24.6 Å². The van der Waals surface area contributed by atoms with Crippen molar-refractivity contribution in [3.8, 4) is 11.4 Å². The molecule has 0 saturated heterocycles. The number of nitrogen functional groups attached to an aromatic ring is 1. The number of aromatic nitrogens is 3. The van der Waals surface area contributed by atoms with Gasteiger partial charge in [0.2, 0.25) is 11.7 Å². The van der Waals surface area contributed by atoms with Crippen molar-refractivity contribution in [2.24, 2.45) is 0 Å². The molecule has 5 nitrogen and oxygen atoms in total. The van der Waals surface area contributed by atoms with Crippen LogP contribution in [0.5, 0.6) is 0 Å². The molecule has 0 aliphatic heterocycles. The molecular weight excluding hydrogens is 340 g/mol. The molecule has 2 N–H and O–H groups in total. The minimum atomic E-state index is 0.490. The summed E-state index contributed by atoms with van der Waals surface area (Å²) in [5.74, 6) is 1.09. The van der Waals surface area contributed by atoms with Gasteiger partial charge in [-0.15, -0.1) is 11.3 Å². The van der Waals surface area contributed by atoms with E-state index in [9.17, 15) is 0 Å². The summed E-state index contributed by atoms with van der Waals surface area (Å²) in [6.45, 7) is 2.03. The lowest BCUT2D eigenvalue weighted by molar-refractivity contribution is 0.385. The van der Waals surface area contributed by atoms with Crippen molar-refractivity contribution in [2.45, 2.75) is 13.3 Å². The quantitative estimate of drug-likeness (QED) is 0.782. The monoisotopic (exact) mass is 350 g/mol. The first-order valence-corrected chi connectivity index (χ1v) is 7.58. The van der Waals surface area contributed by atoms with E-state index in [0.717, 1.165) is 15.7 Å². The van der Waals surface area contributed by atoms with Gasteiger partial charge >= 0.3 is 0 Å². The van der Waals surface area contributed by atoms with Crippen LogP contribution in [0.2, 0.25) is 0 Å². The minimum absolute atomic E-state index is 0.490. The van der Waals surface area contributed by atoms with Crippen molar-refractivity contribution >= 4 is 32.4 Å². The van der Waals surface area contributed by atoms with Crippen molar-refractivity contribution in [2.75, 3.05) is 5.73 Å². The molecule has 0 unspecified atom stereocenters. The van der Waals surface area contributed by atoms with Crippen molar-refractivity contribution in [3.05, 3.63) is 45.2 Å². The smallest absolute Gasteiger partial charge is 0.233 e. The average molecular weight is 351 g/mol. The van der Waals surface area contributed by atoms with Crippen LogP contribution in [0.1, 0.15) is 17.1 Å². The molecule has 0 atom stereocenters. The Morgan fingerprint density at radius 3 is 2.90 bits per heavy atom. The number of benzene rings is 1. The summed E-state index contributed by atoms with van der Waals surface area (Å²) >= 11 is 4.91. The molecule has 0 aliphatic rings. The lowest BCUT2D eigenvalue weighted by Crippen LogP contribution is -1.90. The molecule has 0 radical (unpaired) electrons. The van der Waals surface area contributed by atoms with E-state index in [0.29, 0.717) is 23.3 Å². The zero-order valence-corrected chi connectivity index (χ0v) is 13.0. The Bertz CT molecular complexity index is 752. The highest BCUT2D eigenvalue weighted by Crippen LogP contribution is 2.27. The van der Waals surface area contributed by atoms with E-state index < -0.39 is 0 Å². The number of aryl methyl sites for hydroxylation is 1. The molecule has 20 heavy (non-hydrogen) atoms. The first-order chi connectivity index (χ1) is 9.61. The van der Waals surface area contributed by atoms with Crippen LogP contribution in [0.25, 0.3) is 11.4 Å². The van der Waals surface area contributed by atoms with Gasteiger partial charge in [0.05, 0.1) is 12.1 Å². The number of halogens is 1. The molecule has 0 spiro atoms. The number of nitrogens with zero attached hydrogens (tertiary/aromatic N) is 3. The second kappa shape index (κ2) is 5.34. The second-order valence-corrected chi connectivity index (χ2v) is 6.09. The molecule has 102 valence electrons. The number of nitrogens with two attached hydrogens (primary N) is 1. The van der Waals surface area contributed by atoms with E-state index in [2.05, 4.69) is 31.1 Å².